The van der Waals surface area contributed by atoms with Crippen LogP contribution in [0.3, 0.4) is 0 Å². The molecule has 3 saturated heterocycles. The van der Waals surface area contributed by atoms with Crippen molar-refractivity contribution in [2.24, 2.45) is 11.8 Å². The summed E-state index contributed by atoms with van der Waals surface area (Å²) in [4.78, 5) is 24.6. The predicted octanol–water partition coefficient (Wildman–Crippen LogP) is 2.84. The number of hydrogen-bond acceptors (Lipinski definition) is 7. The summed E-state index contributed by atoms with van der Waals surface area (Å²) in [6.45, 7) is 5.60. The first-order chi connectivity index (χ1) is 15.0. The number of alkyl halides is 6. The van der Waals surface area contributed by atoms with Crippen LogP contribution in [-0.4, -0.2) is 71.6 Å². The molecule has 0 spiro atoms. The molecule has 7 nitrogen and oxygen atoms in total. The summed E-state index contributed by atoms with van der Waals surface area (Å²) in [5.74, 6) is -3.72. The molecule has 188 valence electrons. The molecule has 3 rings (SSSR count). The zero-order chi connectivity index (χ0) is 25.1. The fourth-order valence-electron chi connectivity index (χ4n) is 4.90. The molecule has 0 aromatic rings. The summed E-state index contributed by atoms with van der Waals surface area (Å²) in [7, 11) is 0. The van der Waals surface area contributed by atoms with Gasteiger partial charge >= 0.3 is 24.3 Å². The third kappa shape index (κ3) is 3.81. The Kier molecular flexibility index (Phi) is 6.34. The number of rotatable bonds is 8. The smallest absolute Gasteiger partial charge is 0.428 e. The van der Waals surface area contributed by atoms with Crippen LogP contribution in [0.5, 0.6) is 0 Å². The van der Waals surface area contributed by atoms with Crippen LogP contribution < -0.4 is 0 Å². The van der Waals surface area contributed by atoms with Gasteiger partial charge in [0.25, 0.3) is 5.60 Å². The van der Waals surface area contributed by atoms with E-state index >= 15 is 0 Å². The Hall–Kier alpha value is -1.86. The molecule has 3 heterocycles. The Morgan fingerprint density at radius 2 is 1.61 bits per heavy atom. The first kappa shape index (κ1) is 25.8. The monoisotopic (exact) mass is 490 g/mol. The molecule has 0 saturated carbocycles. The maximum Gasteiger partial charge on any atom is 0.428 e. The van der Waals surface area contributed by atoms with Crippen molar-refractivity contribution < 1.29 is 60.0 Å². The highest BCUT2D eigenvalue weighted by Crippen LogP contribution is 2.57. The molecule has 3 fully saturated rings. The molecular weight excluding hydrogens is 466 g/mol. The van der Waals surface area contributed by atoms with Crippen molar-refractivity contribution in [1.82, 2.24) is 0 Å². The zero-order valence-electron chi connectivity index (χ0n) is 18.0. The number of hydrogen-bond donors (Lipinski definition) is 1. The molecule has 0 aliphatic carbocycles. The summed E-state index contributed by atoms with van der Waals surface area (Å²) in [5.41, 5.74) is -6.85. The Morgan fingerprint density at radius 3 is 2.06 bits per heavy atom. The number of carbonyl (C=O) groups excluding carboxylic acids is 2. The molecular formula is C20H24F6O7. The predicted molar refractivity (Wildman–Crippen MR) is 96.5 cm³/mol. The summed E-state index contributed by atoms with van der Waals surface area (Å²) in [6, 6.07) is 0. The van der Waals surface area contributed by atoms with Gasteiger partial charge in [-0.25, -0.2) is 4.79 Å². The lowest BCUT2D eigenvalue weighted by Gasteiger charge is -2.45. The van der Waals surface area contributed by atoms with E-state index in [1.165, 1.54) is 20.8 Å². The highest BCUT2D eigenvalue weighted by molar-refractivity contribution is 5.87. The minimum absolute atomic E-state index is 0.0316. The average Bonchev–Trinajstić information content (AvgIpc) is 3.31. The SMILES string of the molecule is C=C(C)C(=O)OC1C2OC(=O)C3C2OC1C3C(CC)(CC)OCC(O)(C(F)(F)F)C(F)(F)F. The maximum atomic E-state index is 13.2. The molecule has 0 amide bonds. The Bertz CT molecular complexity index is 805. The fraction of sp³-hybridized carbons (Fsp3) is 0.800. The molecule has 0 aromatic carbocycles. The van der Waals surface area contributed by atoms with Crippen molar-refractivity contribution in [2.75, 3.05) is 6.61 Å². The molecule has 6 unspecified atom stereocenters. The van der Waals surface area contributed by atoms with Crippen molar-refractivity contribution in [3.8, 4) is 0 Å². The topological polar surface area (TPSA) is 91.3 Å². The van der Waals surface area contributed by atoms with Gasteiger partial charge in [0, 0.05) is 11.5 Å². The first-order valence-corrected chi connectivity index (χ1v) is 10.3. The Labute approximate surface area is 185 Å². The lowest BCUT2D eigenvalue weighted by atomic mass is 9.67. The van der Waals surface area contributed by atoms with Gasteiger partial charge in [-0.2, -0.15) is 26.3 Å². The van der Waals surface area contributed by atoms with Crippen LogP contribution in [0.4, 0.5) is 26.3 Å². The van der Waals surface area contributed by atoms with Crippen molar-refractivity contribution in [2.45, 2.75) is 81.6 Å². The number of carbonyl (C=O) groups is 2. The van der Waals surface area contributed by atoms with E-state index in [9.17, 15) is 41.0 Å². The van der Waals surface area contributed by atoms with E-state index in [0.29, 0.717) is 0 Å². The molecule has 2 bridgehead atoms. The summed E-state index contributed by atoms with van der Waals surface area (Å²) >= 11 is 0. The van der Waals surface area contributed by atoms with E-state index in [1.807, 2.05) is 0 Å². The number of esters is 2. The van der Waals surface area contributed by atoms with Gasteiger partial charge in [0.15, 0.2) is 12.2 Å². The van der Waals surface area contributed by atoms with Gasteiger partial charge in [-0.1, -0.05) is 20.4 Å². The van der Waals surface area contributed by atoms with Gasteiger partial charge in [-0.05, 0) is 19.8 Å². The molecule has 13 heteroatoms. The summed E-state index contributed by atoms with van der Waals surface area (Å²) in [5, 5.41) is 9.55. The average molecular weight is 490 g/mol. The van der Waals surface area contributed by atoms with Crippen molar-refractivity contribution in [1.29, 1.82) is 0 Å². The molecule has 0 aromatic heterocycles. The quantitative estimate of drug-likeness (QED) is 0.318. The van der Waals surface area contributed by atoms with Crippen LogP contribution in [-0.2, 0) is 28.5 Å². The standard InChI is InChI=1S/C20H24F6O7/c1-5-17(6-2,30-7-18(29,19(21,22)23)20(24,25)26)10-9-11-13(33-16(9)28)14(12(10)31-11)32-15(27)8(3)4/h9-14,29H,3,5-7H2,1-2,4H3. The minimum Gasteiger partial charge on any atom is -0.455 e. The summed E-state index contributed by atoms with van der Waals surface area (Å²) < 4.78 is 101. The van der Waals surface area contributed by atoms with Crippen LogP contribution >= 0.6 is 0 Å². The van der Waals surface area contributed by atoms with E-state index < -0.39 is 78.4 Å². The largest absolute Gasteiger partial charge is 0.455 e. The molecule has 3 aliphatic rings. The van der Waals surface area contributed by atoms with E-state index in [1.54, 1.807) is 0 Å². The first-order valence-electron chi connectivity index (χ1n) is 10.3. The third-order valence-electron chi connectivity index (χ3n) is 6.81. The van der Waals surface area contributed by atoms with Crippen LogP contribution in [0.2, 0.25) is 0 Å². The number of aliphatic hydroxyl groups is 1. The molecule has 3 aliphatic heterocycles. The molecule has 1 N–H and O–H groups in total. The fourth-order valence-corrected chi connectivity index (χ4v) is 4.90. The van der Waals surface area contributed by atoms with Crippen LogP contribution in [0.15, 0.2) is 12.2 Å². The van der Waals surface area contributed by atoms with E-state index in [-0.39, 0.29) is 18.4 Å². The van der Waals surface area contributed by atoms with Crippen molar-refractivity contribution >= 4 is 11.9 Å². The molecule has 33 heavy (non-hydrogen) atoms. The van der Waals surface area contributed by atoms with Crippen LogP contribution in [0.1, 0.15) is 33.6 Å². The number of fused-ring (bicyclic) bond motifs is 1. The second kappa shape index (κ2) is 8.12. The Balaban J connectivity index is 1.96. The maximum absolute atomic E-state index is 13.2. The normalized spacial score (nSPS) is 31.6. The van der Waals surface area contributed by atoms with Gasteiger partial charge < -0.3 is 24.1 Å². The van der Waals surface area contributed by atoms with E-state index in [2.05, 4.69) is 6.58 Å². The van der Waals surface area contributed by atoms with Gasteiger partial charge in [0.1, 0.15) is 12.2 Å². The van der Waals surface area contributed by atoms with E-state index in [4.69, 9.17) is 18.9 Å². The van der Waals surface area contributed by atoms with Crippen molar-refractivity contribution in [3.05, 3.63) is 12.2 Å². The van der Waals surface area contributed by atoms with Gasteiger partial charge in [-0.3, -0.25) is 4.79 Å². The van der Waals surface area contributed by atoms with E-state index in [0.717, 1.165) is 0 Å². The minimum atomic E-state index is -6.07. The highest BCUT2D eigenvalue weighted by Gasteiger charge is 2.75. The van der Waals surface area contributed by atoms with Crippen molar-refractivity contribution in [3.63, 3.8) is 0 Å². The van der Waals surface area contributed by atoms with Gasteiger partial charge in [-0.15, -0.1) is 0 Å². The lowest BCUT2D eigenvalue weighted by molar-refractivity contribution is -0.384. The highest BCUT2D eigenvalue weighted by atomic mass is 19.4. The second-order valence-electron chi connectivity index (χ2n) is 8.58. The van der Waals surface area contributed by atoms with Crippen LogP contribution in [0.25, 0.3) is 0 Å². The lowest BCUT2D eigenvalue weighted by Crippen LogP contribution is -2.62. The van der Waals surface area contributed by atoms with Crippen LogP contribution in [0, 0.1) is 11.8 Å². The Morgan fingerprint density at radius 1 is 1.06 bits per heavy atom. The number of halogens is 6. The number of ether oxygens (including phenoxy) is 4. The summed E-state index contributed by atoms with van der Waals surface area (Å²) in [6.07, 6.45) is -16.5. The van der Waals surface area contributed by atoms with Gasteiger partial charge in [0.05, 0.1) is 18.1 Å². The second-order valence-corrected chi connectivity index (χ2v) is 8.58. The third-order valence-corrected chi connectivity index (χ3v) is 6.81. The zero-order valence-corrected chi connectivity index (χ0v) is 18.0. The molecule has 0 radical (unpaired) electrons. The van der Waals surface area contributed by atoms with Gasteiger partial charge in [0.2, 0.25) is 0 Å². The molecule has 6 atom stereocenters.